The Morgan fingerprint density at radius 3 is 1.91 bits per heavy atom. The molecule has 0 saturated heterocycles. The van der Waals surface area contributed by atoms with Crippen molar-refractivity contribution in [2.24, 2.45) is 17.8 Å². The van der Waals surface area contributed by atoms with Crippen LogP contribution in [0.1, 0.15) is 24.5 Å². The van der Waals surface area contributed by atoms with Crippen LogP contribution in [0, 0.1) is 17.8 Å². The van der Waals surface area contributed by atoms with E-state index in [1.165, 1.54) is 12.6 Å². The molecule has 2 amide bonds. The maximum Gasteiger partial charge on any atom is 0.311 e. The zero-order valence-corrected chi connectivity index (χ0v) is 19.3. The first-order valence-corrected chi connectivity index (χ1v) is 11.4. The fraction of sp³-hybridized carbons (Fsp3) is 0.385. The second-order valence-electron chi connectivity index (χ2n) is 8.41. The van der Waals surface area contributed by atoms with E-state index >= 15 is 0 Å². The minimum atomic E-state index is -1.29. The highest BCUT2D eigenvalue weighted by atomic mass is 16.5. The molecule has 3 rings (SSSR count). The number of benzene rings is 2. The van der Waals surface area contributed by atoms with Crippen molar-refractivity contribution in [3.8, 4) is 11.1 Å². The van der Waals surface area contributed by atoms with Gasteiger partial charge >= 0.3 is 5.97 Å². The van der Waals surface area contributed by atoms with Gasteiger partial charge in [0.1, 0.15) is 12.0 Å². The van der Waals surface area contributed by atoms with Crippen LogP contribution in [0.4, 0.5) is 0 Å². The Hall–Kier alpha value is -3.68. The smallest absolute Gasteiger partial charge is 0.311 e. The topological polar surface area (TPSA) is 122 Å². The first-order chi connectivity index (χ1) is 16.4. The van der Waals surface area contributed by atoms with Crippen molar-refractivity contribution in [2.45, 2.75) is 32.3 Å². The number of ether oxygens (including phenoxy) is 1. The number of carbonyl (C=O) groups is 4. The summed E-state index contributed by atoms with van der Waals surface area (Å²) >= 11 is 0. The molecule has 0 aromatic heterocycles. The third-order valence-corrected chi connectivity index (χ3v) is 6.32. The van der Waals surface area contributed by atoms with E-state index in [0.29, 0.717) is 6.42 Å². The molecule has 8 heteroatoms. The molecular weight excluding hydrogens is 436 g/mol. The number of aryl methyl sites for hydroxylation is 1. The van der Waals surface area contributed by atoms with Crippen molar-refractivity contribution < 1.29 is 29.0 Å². The molecule has 1 aliphatic rings. The number of carboxylic acid groups (broad SMARTS) is 1. The summed E-state index contributed by atoms with van der Waals surface area (Å²) in [6, 6.07) is 16.6. The minimum absolute atomic E-state index is 0.105. The molecule has 1 fully saturated rings. The van der Waals surface area contributed by atoms with Crippen LogP contribution in [-0.2, 0) is 36.8 Å². The molecule has 8 nitrogen and oxygen atoms in total. The molecule has 2 aromatic carbocycles. The second kappa shape index (κ2) is 11.4. The van der Waals surface area contributed by atoms with E-state index in [2.05, 4.69) is 41.8 Å². The second-order valence-corrected chi connectivity index (χ2v) is 8.41. The Balaban J connectivity index is 1.58. The van der Waals surface area contributed by atoms with Crippen LogP contribution in [-0.4, -0.2) is 49.1 Å². The predicted molar refractivity (Wildman–Crippen MR) is 126 cm³/mol. The van der Waals surface area contributed by atoms with Gasteiger partial charge in [-0.3, -0.25) is 19.2 Å². The van der Waals surface area contributed by atoms with E-state index in [1.807, 2.05) is 24.3 Å². The van der Waals surface area contributed by atoms with Gasteiger partial charge < -0.3 is 20.5 Å². The van der Waals surface area contributed by atoms with Crippen molar-refractivity contribution in [1.82, 2.24) is 10.6 Å². The van der Waals surface area contributed by atoms with Gasteiger partial charge in [0, 0.05) is 13.6 Å². The van der Waals surface area contributed by atoms with Crippen molar-refractivity contribution in [1.29, 1.82) is 0 Å². The van der Waals surface area contributed by atoms with Gasteiger partial charge in [0.15, 0.2) is 0 Å². The Morgan fingerprint density at radius 2 is 1.44 bits per heavy atom. The fourth-order valence-corrected chi connectivity index (χ4v) is 4.51. The van der Waals surface area contributed by atoms with Gasteiger partial charge in [-0.1, -0.05) is 61.9 Å². The highest BCUT2D eigenvalue weighted by Crippen LogP contribution is 2.43. The number of nitrogens with one attached hydrogen (secondary N) is 2. The average Bonchev–Trinajstić information content (AvgIpc) is 2.82. The van der Waals surface area contributed by atoms with Gasteiger partial charge in [0.25, 0.3) is 6.47 Å². The lowest BCUT2D eigenvalue weighted by molar-refractivity contribution is -0.188. The first kappa shape index (κ1) is 25.0. The first-order valence-electron chi connectivity index (χ1n) is 11.4. The molecule has 0 radical (unpaired) electrons. The van der Waals surface area contributed by atoms with E-state index in [0.717, 1.165) is 29.5 Å². The van der Waals surface area contributed by atoms with Crippen LogP contribution in [0.2, 0.25) is 0 Å². The van der Waals surface area contributed by atoms with E-state index < -0.39 is 41.6 Å². The summed E-state index contributed by atoms with van der Waals surface area (Å²) in [7, 11) is 1.38. The van der Waals surface area contributed by atoms with E-state index in [1.54, 1.807) is 0 Å². The van der Waals surface area contributed by atoms with Gasteiger partial charge in [-0.2, -0.15) is 0 Å². The van der Waals surface area contributed by atoms with E-state index in [-0.39, 0.29) is 13.0 Å². The number of carbonyl (C=O) groups excluding carboxylic acids is 3. The number of hydrogen-bond donors (Lipinski definition) is 3. The molecular formula is C26H30N2O6. The summed E-state index contributed by atoms with van der Waals surface area (Å²) in [5, 5.41) is 14.6. The Kier molecular flexibility index (Phi) is 8.40. The average molecular weight is 467 g/mol. The lowest BCUT2D eigenvalue weighted by Gasteiger charge is -2.45. The Morgan fingerprint density at radius 1 is 0.882 bits per heavy atom. The maximum absolute atomic E-state index is 12.7. The van der Waals surface area contributed by atoms with E-state index in [9.17, 15) is 24.3 Å². The number of aliphatic carboxylic acids is 1. The van der Waals surface area contributed by atoms with Crippen LogP contribution in [0.5, 0.6) is 0 Å². The molecule has 180 valence electrons. The monoisotopic (exact) mass is 466 g/mol. The molecule has 0 aliphatic heterocycles. The van der Waals surface area contributed by atoms with Crippen molar-refractivity contribution in [3.05, 3.63) is 59.7 Å². The summed E-state index contributed by atoms with van der Waals surface area (Å²) in [5.41, 5.74) is 4.57. The van der Waals surface area contributed by atoms with Crippen LogP contribution < -0.4 is 10.6 Å². The molecule has 0 heterocycles. The largest absolute Gasteiger partial charge is 0.481 e. The molecule has 4 atom stereocenters. The van der Waals surface area contributed by atoms with Crippen molar-refractivity contribution in [2.75, 3.05) is 13.6 Å². The number of amides is 2. The third-order valence-electron chi connectivity index (χ3n) is 6.32. The molecule has 0 bridgehead atoms. The molecule has 2 aromatic rings. The van der Waals surface area contributed by atoms with Crippen molar-refractivity contribution in [3.63, 3.8) is 0 Å². The van der Waals surface area contributed by atoms with Crippen LogP contribution >= 0.6 is 0 Å². The molecule has 3 N–H and O–H groups in total. The summed E-state index contributed by atoms with van der Waals surface area (Å²) < 4.78 is 4.81. The van der Waals surface area contributed by atoms with Crippen LogP contribution in [0.25, 0.3) is 11.1 Å². The van der Waals surface area contributed by atoms with Crippen molar-refractivity contribution >= 4 is 24.3 Å². The summed E-state index contributed by atoms with van der Waals surface area (Å²) in [6.07, 6.45) is 1.55. The summed E-state index contributed by atoms with van der Waals surface area (Å²) in [6.45, 7) is 2.55. The fourth-order valence-electron chi connectivity index (χ4n) is 4.51. The highest BCUT2D eigenvalue weighted by molar-refractivity contribution is 5.95. The molecule has 34 heavy (non-hydrogen) atoms. The SMILES string of the molecule is CCCc1ccc(-c2ccc(CCNC(=O)C3C(C(=O)O)C(OC=O)C3C(=O)NC)cc2)cc1. The van der Waals surface area contributed by atoms with Crippen LogP contribution in [0.3, 0.4) is 0 Å². The zero-order valence-electron chi connectivity index (χ0n) is 19.3. The summed E-state index contributed by atoms with van der Waals surface area (Å²) in [5.74, 6) is -5.79. The van der Waals surface area contributed by atoms with Gasteiger partial charge in [0.05, 0.1) is 11.8 Å². The predicted octanol–water partition coefficient (Wildman–Crippen LogP) is 2.20. The Labute approximate surface area is 198 Å². The molecule has 4 unspecified atom stereocenters. The molecule has 1 saturated carbocycles. The van der Waals surface area contributed by atoms with Gasteiger partial charge in [-0.25, -0.2) is 0 Å². The standard InChI is InChI=1S/C26H30N2O6/c1-3-4-16-5-9-18(10-6-16)19-11-7-17(8-12-19)13-14-28-25(31)20-21(24(30)27-2)23(34-15-29)22(20)26(32)33/h5-12,15,20-23H,3-4,13-14H2,1-2H3,(H,27,30)(H,28,31)(H,32,33). The quantitative estimate of drug-likeness (QED) is 0.437. The zero-order chi connectivity index (χ0) is 24.7. The minimum Gasteiger partial charge on any atom is -0.481 e. The van der Waals surface area contributed by atoms with Crippen LogP contribution in [0.15, 0.2) is 48.5 Å². The highest BCUT2D eigenvalue weighted by Gasteiger charge is 2.62. The van der Waals surface area contributed by atoms with E-state index in [4.69, 9.17) is 4.74 Å². The number of carboxylic acids is 1. The summed E-state index contributed by atoms with van der Waals surface area (Å²) in [4.78, 5) is 47.3. The molecule has 0 spiro atoms. The lowest BCUT2D eigenvalue weighted by Crippen LogP contribution is -2.65. The lowest BCUT2D eigenvalue weighted by atomic mass is 9.61. The number of hydrogen-bond acceptors (Lipinski definition) is 5. The van der Waals surface area contributed by atoms with Gasteiger partial charge in [0.2, 0.25) is 11.8 Å². The maximum atomic E-state index is 12.7. The molecule has 1 aliphatic carbocycles. The van der Waals surface area contributed by atoms with Gasteiger partial charge in [-0.15, -0.1) is 0 Å². The third kappa shape index (κ3) is 5.44. The Bertz CT molecular complexity index is 1020. The van der Waals surface area contributed by atoms with Gasteiger partial charge in [-0.05, 0) is 35.1 Å². The normalized spacial score (nSPS) is 21.1. The number of rotatable bonds is 11.